The lowest BCUT2D eigenvalue weighted by atomic mass is 11.2. The van der Waals surface area contributed by atoms with E-state index in [0.717, 1.165) is 0 Å². The van der Waals surface area contributed by atoms with Crippen molar-refractivity contribution in [2.45, 2.75) is 32.7 Å². The fourth-order valence-corrected chi connectivity index (χ4v) is 8.27. The molecule has 0 aliphatic carbocycles. The van der Waals surface area contributed by atoms with Crippen LogP contribution in [0.25, 0.3) is 0 Å². The van der Waals surface area contributed by atoms with Crippen LogP contribution < -0.4 is 0 Å². The van der Waals surface area contributed by atoms with Crippen molar-refractivity contribution in [1.82, 2.24) is 0 Å². The van der Waals surface area contributed by atoms with Crippen LogP contribution in [0.5, 0.6) is 0 Å². The van der Waals surface area contributed by atoms with Gasteiger partial charge in [-0.2, -0.15) is 22.2 Å². The maximum absolute atomic E-state index is 6.25. The second-order valence-corrected chi connectivity index (χ2v) is 21.5. The Kier molecular flexibility index (Phi) is 5.84. The van der Waals surface area contributed by atoms with Gasteiger partial charge in [0.15, 0.2) is 22.8 Å². The van der Waals surface area contributed by atoms with Gasteiger partial charge in [-0.05, 0) is 0 Å². The van der Waals surface area contributed by atoms with Crippen LogP contribution in [0, 0.1) is 12.0 Å². The minimum absolute atomic E-state index is 1.68. The van der Waals surface area contributed by atoms with E-state index in [4.69, 9.17) is 28.6 Å². The van der Waals surface area contributed by atoms with E-state index in [0.29, 0.717) is 0 Å². The van der Waals surface area contributed by atoms with E-state index in [1.54, 1.807) is 0 Å². The monoisotopic (exact) mass is 306 g/mol. The fourth-order valence-electron chi connectivity index (χ4n) is 0.894. The van der Waals surface area contributed by atoms with Gasteiger partial charge in [0, 0.05) is 0 Å². The molecule has 0 amide bonds. The number of hydrogen-bond acceptors (Lipinski definition) is 0. The molecule has 90 valence electrons. The van der Waals surface area contributed by atoms with Gasteiger partial charge >= 0.3 is 0 Å². The predicted octanol–water partition coefficient (Wildman–Crippen LogP) is 4.39. The van der Waals surface area contributed by atoms with Crippen molar-refractivity contribution in [1.29, 1.82) is 0 Å². The predicted molar refractivity (Wildman–Crippen MR) is 85.4 cm³/mol. The zero-order valence-corrected chi connectivity index (χ0v) is 15.2. The molecule has 0 fully saturated rings. The third-order valence-electron chi connectivity index (χ3n) is 1.96. The number of rotatable bonds is 4. The van der Waals surface area contributed by atoms with E-state index in [1.165, 1.54) is 0 Å². The molecule has 0 saturated heterocycles. The van der Waals surface area contributed by atoms with Crippen LogP contribution in [0.2, 0.25) is 32.7 Å². The standard InChI is InChI=1S/C11H20Cl2Si3/c1-7-16(6,10-8-14(2,3)12)11-9-15(4,5)13/h1,8-11H,2-6H3/b10-8+,11-9+. The molecule has 0 unspecified atom stereocenters. The highest BCUT2D eigenvalue weighted by molar-refractivity contribution is 7.23. The van der Waals surface area contributed by atoms with E-state index in [2.05, 4.69) is 61.1 Å². The van der Waals surface area contributed by atoms with E-state index >= 15 is 0 Å². The third-order valence-corrected chi connectivity index (χ3v) is 7.64. The summed E-state index contributed by atoms with van der Waals surface area (Å²) in [4.78, 5) is 0. The molecular weight excluding hydrogens is 287 g/mol. The van der Waals surface area contributed by atoms with Gasteiger partial charge in [0.25, 0.3) is 0 Å². The lowest BCUT2D eigenvalue weighted by molar-refractivity contribution is 1.89. The first-order valence-corrected chi connectivity index (χ1v) is 16.1. The van der Waals surface area contributed by atoms with Crippen LogP contribution in [0.4, 0.5) is 0 Å². The highest BCUT2D eigenvalue weighted by Gasteiger charge is 2.22. The highest BCUT2D eigenvalue weighted by Crippen LogP contribution is 2.16. The molecule has 16 heavy (non-hydrogen) atoms. The molecule has 0 radical (unpaired) electrons. The summed E-state index contributed by atoms with van der Waals surface area (Å²) in [7, 11) is -5.24. The SMILES string of the molecule is C#C[Si](C)(/C=C/[Si](C)(C)Cl)/C=C/[Si](C)(C)Cl. The molecule has 0 N–H and O–H groups in total. The number of halogens is 2. The number of terminal acetylenes is 1. The van der Waals surface area contributed by atoms with Gasteiger partial charge in [0.2, 0.25) is 0 Å². The summed E-state index contributed by atoms with van der Waals surface area (Å²) in [5.74, 6) is 0. The highest BCUT2D eigenvalue weighted by atomic mass is 35.6. The topological polar surface area (TPSA) is 0 Å². The fraction of sp³-hybridized carbons (Fsp3) is 0.455. The lowest BCUT2D eigenvalue weighted by Crippen LogP contribution is -2.27. The van der Waals surface area contributed by atoms with E-state index < -0.39 is 22.8 Å². The minimum Gasteiger partial charge on any atom is -0.162 e. The second-order valence-electron chi connectivity index (χ2n) is 5.22. The van der Waals surface area contributed by atoms with Crippen molar-refractivity contribution in [3.63, 3.8) is 0 Å². The van der Waals surface area contributed by atoms with Crippen LogP contribution in [-0.4, -0.2) is 22.8 Å². The third kappa shape index (κ3) is 8.43. The Morgan fingerprint density at radius 2 is 1.12 bits per heavy atom. The minimum atomic E-state index is -1.88. The van der Waals surface area contributed by atoms with Gasteiger partial charge in [-0.15, -0.1) is 12.0 Å². The zero-order valence-electron chi connectivity index (χ0n) is 10.6. The maximum atomic E-state index is 6.25. The summed E-state index contributed by atoms with van der Waals surface area (Å²) in [6.45, 7) is 10.5. The van der Waals surface area contributed by atoms with E-state index in [-0.39, 0.29) is 0 Å². The van der Waals surface area contributed by atoms with Crippen LogP contribution >= 0.6 is 22.2 Å². The first kappa shape index (κ1) is 16.3. The molecule has 0 nitrogen and oxygen atoms in total. The van der Waals surface area contributed by atoms with Gasteiger partial charge < -0.3 is 0 Å². The molecule has 5 heteroatoms. The average molecular weight is 307 g/mol. The molecule has 0 rings (SSSR count). The van der Waals surface area contributed by atoms with E-state index in [9.17, 15) is 0 Å². The van der Waals surface area contributed by atoms with Gasteiger partial charge in [0.05, 0.1) is 0 Å². The molecule has 0 aromatic rings. The second kappa shape index (κ2) is 5.74. The molecule has 0 aromatic carbocycles. The Morgan fingerprint density at radius 1 is 0.812 bits per heavy atom. The largest absolute Gasteiger partial charge is 0.180 e. The van der Waals surface area contributed by atoms with Gasteiger partial charge in [-0.25, -0.2) is 0 Å². The Bertz CT molecular complexity index is 303. The van der Waals surface area contributed by atoms with E-state index in [1.807, 2.05) is 0 Å². The molecule has 0 spiro atoms. The Balaban J connectivity index is 4.91. The van der Waals surface area contributed by atoms with Gasteiger partial charge in [-0.1, -0.05) is 55.5 Å². The first-order valence-electron chi connectivity index (χ1n) is 5.24. The Hall–Kier alpha value is 0.271. The summed E-state index contributed by atoms with van der Waals surface area (Å²) < 4.78 is 0. The molecule has 0 aliphatic heterocycles. The Morgan fingerprint density at radius 3 is 1.31 bits per heavy atom. The van der Waals surface area contributed by atoms with Gasteiger partial charge in [-0.3, -0.25) is 0 Å². The summed E-state index contributed by atoms with van der Waals surface area (Å²) in [5, 5.41) is 0. The van der Waals surface area contributed by atoms with Crippen molar-refractivity contribution in [3.05, 3.63) is 22.8 Å². The maximum Gasteiger partial charge on any atom is 0.180 e. The van der Waals surface area contributed by atoms with Crippen molar-refractivity contribution >= 4 is 45.0 Å². The molecule has 0 aromatic heterocycles. The van der Waals surface area contributed by atoms with Crippen LogP contribution in [0.3, 0.4) is 0 Å². The van der Waals surface area contributed by atoms with Crippen molar-refractivity contribution in [3.8, 4) is 12.0 Å². The normalized spacial score (nSPS) is 14.6. The summed E-state index contributed by atoms with van der Waals surface area (Å²) in [6, 6.07) is 0. The average Bonchev–Trinajstić information content (AvgIpc) is 2.09. The zero-order chi connectivity index (χ0) is 13.0. The summed E-state index contributed by atoms with van der Waals surface area (Å²) in [6.07, 6.45) is 5.62. The quantitative estimate of drug-likeness (QED) is 0.410. The van der Waals surface area contributed by atoms with Gasteiger partial charge in [0.1, 0.15) is 0 Å². The van der Waals surface area contributed by atoms with Crippen LogP contribution in [-0.2, 0) is 0 Å². The Labute approximate surface area is 112 Å². The molecule has 0 aliphatic rings. The smallest absolute Gasteiger partial charge is 0.162 e. The lowest BCUT2D eigenvalue weighted by Gasteiger charge is -2.15. The molecular formula is C11H20Cl2Si3. The van der Waals surface area contributed by atoms with Crippen molar-refractivity contribution in [2.24, 2.45) is 0 Å². The number of hydrogen-bond donors (Lipinski definition) is 0. The van der Waals surface area contributed by atoms with Crippen LogP contribution in [0.1, 0.15) is 0 Å². The summed E-state index contributed by atoms with van der Waals surface area (Å²) in [5.41, 5.74) is 11.5. The first-order chi connectivity index (χ1) is 6.97. The molecule has 0 bridgehead atoms. The van der Waals surface area contributed by atoms with Crippen LogP contribution in [0.15, 0.2) is 22.8 Å². The van der Waals surface area contributed by atoms with Crippen molar-refractivity contribution in [2.75, 3.05) is 0 Å². The molecule has 0 atom stereocenters. The molecule has 0 saturated carbocycles. The van der Waals surface area contributed by atoms with Crippen molar-refractivity contribution < 1.29 is 0 Å². The molecule has 0 heterocycles. The summed E-state index contributed by atoms with van der Waals surface area (Å²) >= 11 is 12.5.